The fourth-order valence-corrected chi connectivity index (χ4v) is 1.02. The van der Waals surface area contributed by atoms with E-state index in [9.17, 15) is 0 Å². The number of hydrogen-bond acceptors (Lipinski definition) is 0. The molecule has 1 rings (SSSR count). The molecule has 0 aromatic carbocycles. The largest absolute Gasteiger partial charge is 0.0952 e. The van der Waals surface area contributed by atoms with E-state index in [1.807, 2.05) is 0 Å². The monoisotopic (exact) mass is 120 g/mol. The van der Waals surface area contributed by atoms with Crippen LogP contribution in [-0.2, 0) is 0 Å². The van der Waals surface area contributed by atoms with Gasteiger partial charge in [0.1, 0.15) is 0 Å². The second kappa shape index (κ2) is 2.22. The summed E-state index contributed by atoms with van der Waals surface area (Å²) in [4.78, 5) is 0. The van der Waals surface area contributed by atoms with Gasteiger partial charge in [-0.05, 0) is 36.5 Å². The van der Waals surface area contributed by atoms with E-state index in [1.54, 1.807) is 0 Å². The van der Waals surface area contributed by atoms with Gasteiger partial charge >= 0.3 is 0 Å². The van der Waals surface area contributed by atoms with Crippen molar-refractivity contribution in [2.75, 3.05) is 0 Å². The Morgan fingerprint density at radius 2 is 2.11 bits per heavy atom. The van der Waals surface area contributed by atoms with Crippen molar-refractivity contribution in [3.05, 3.63) is 36.0 Å². The number of hydrogen-bond donors (Lipinski definition) is 0. The summed E-state index contributed by atoms with van der Waals surface area (Å²) in [7, 11) is 0. The lowest BCUT2D eigenvalue weighted by Crippen LogP contribution is -1.94. The van der Waals surface area contributed by atoms with Crippen LogP contribution in [0, 0.1) is 0 Å². The number of rotatable bonds is 0. The Bertz CT molecular complexity index is 182. The maximum atomic E-state index is 3.91. The molecule has 0 spiro atoms. The van der Waals surface area contributed by atoms with E-state index in [1.165, 1.54) is 11.1 Å². The van der Waals surface area contributed by atoms with Crippen LogP contribution in [0.5, 0.6) is 0 Å². The van der Waals surface area contributed by atoms with Gasteiger partial charge in [-0.2, -0.15) is 0 Å². The Balaban J connectivity index is 2.86. The lowest BCUT2D eigenvalue weighted by atomic mass is 9.92. The third-order valence-corrected chi connectivity index (χ3v) is 1.80. The Hall–Kier alpha value is -0.780. The Morgan fingerprint density at radius 1 is 1.44 bits per heavy atom. The van der Waals surface area contributed by atoms with Crippen molar-refractivity contribution >= 4 is 0 Å². The first-order valence-electron chi connectivity index (χ1n) is 3.26. The lowest BCUT2D eigenvalue weighted by molar-refractivity contribution is 0.951. The maximum Gasteiger partial charge on any atom is -0.0244 e. The normalized spacial score (nSPS) is 19.9. The molecule has 0 atom stereocenters. The molecule has 1 aliphatic rings. The molecular formula is C9H12. The molecule has 1 aliphatic carbocycles. The second-order valence-corrected chi connectivity index (χ2v) is 2.51. The second-order valence-electron chi connectivity index (χ2n) is 2.51. The maximum absolute atomic E-state index is 3.91. The molecule has 0 aromatic heterocycles. The highest BCUT2D eigenvalue weighted by Gasteiger charge is 2.05. The molecule has 0 heteroatoms. The van der Waals surface area contributed by atoms with Gasteiger partial charge in [0, 0.05) is 0 Å². The van der Waals surface area contributed by atoms with E-state index in [2.05, 4.69) is 26.2 Å². The molecule has 0 bridgehead atoms. The smallest absolute Gasteiger partial charge is 0.0244 e. The van der Waals surface area contributed by atoms with Gasteiger partial charge in [-0.15, -0.1) is 0 Å². The molecule has 0 N–H and O–H groups in total. The van der Waals surface area contributed by atoms with Gasteiger partial charge in [-0.3, -0.25) is 0 Å². The first-order valence-corrected chi connectivity index (χ1v) is 3.26. The predicted molar refractivity (Wildman–Crippen MR) is 41.3 cm³/mol. The van der Waals surface area contributed by atoms with E-state index in [4.69, 9.17) is 0 Å². The van der Waals surface area contributed by atoms with Crippen molar-refractivity contribution in [2.24, 2.45) is 0 Å². The molecule has 0 unspecified atom stereocenters. The zero-order chi connectivity index (χ0) is 6.85. The molecule has 0 heterocycles. The molecule has 48 valence electrons. The highest BCUT2D eigenvalue weighted by Crippen LogP contribution is 2.25. The first kappa shape index (κ1) is 6.34. The standard InChI is InChI=1S/C9H12/c1-7-5-4-6-8(2)9(7)3/h6H,1,3-5H2,2H3. The zero-order valence-corrected chi connectivity index (χ0v) is 5.91. The van der Waals surface area contributed by atoms with Crippen molar-refractivity contribution in [1.29, 1.82) is 0 Å². The van der Waals surface area contributed by atoms with Crippen molar-refractivity contribution in [3.8, 4) is 0 Å². The van der Waals surface area contributed by atoms with Gasteiger partial charge in [-0.1, -0.05) is 19.2 Å². The Morgan fingerprint density at radius 3 is 2.56 bits per heavy atom. The molecule has 0 nitrogen and oxygen atoms in total. The lowest BCUT2D eigenvalue weighted by Gasteiger charge is -2.13. The Kier molecular flexibility index (Phi) is 1.56. The van der Waals surface area contributed by atoms with Gasteiger partial charge < -0.3 is 0 Å². The summed E-state index contributed by atoms with van der Waals surface area (Å²) in [6, 6.07) is 0. The highest BCUT2D eigenvalue weighted by molar-refractivity contribution is 5.44. The molecule has 0 fully saturated rings. The summed E-state index contributed by atoms with van der Waals surface area (Å²) in [5.41, 5.74) is 3.64. The van der Waals surface area contributed by atoms with Crippen LogP contribution in [0.3, 0.4) is 0 Å². The average molecular weight is 120 g/mol. The van der Waals surface area contributed by atoms with E-state index < -0.39 is 0 Å². The minimum absolute atomic E-state index is 1.09. The van der Waals surface area contributed by atoms with Crippen molar-refractivity contribution in [1.82, 2.24) is 0 Å². The molecule has 9 heavy (non-hydrogen) atoms. The summed E-state index contributed by atoms with van der Waals surface area (Å²) in [5, 5.41) is 0. The SMILES string of the molecule is C=C1CCC=C(C)C1=C. The van der Waals surface area contributed by atoms with Crippen LogP contribution in [0.15, 0.2) is 36.0 Å². The van der Waals surface area contributed by atoms with E-state index in [-0.39, 0.29) is 0 Å². The third-order valence-electron chi connectivity index (χ3n) is 1.80. The third kappa shape index (κ3) is 1.13. The van der Waals surface area contributed by atoms with Gasteiger partial charge in [0.25, 0.3) is 0 Å². The molecule has 0 aromatic rings. The van der Waals surface area contributed by atoms with Gasteiger partial charge in [0.05, 0.1) is 0 Å². The molecule has 0 aliphatic heterocycles. The summed E-state index contributed by atoms with van der Waals surface area (Å²) in [6.45, 7) is 9.90. The van der Waals surface area contributed by atoms with Crippen LogP contribution >= 0.6 is 0 Å². The quantitative estimate of drug-likeness (QED) is 0.461. The van der Waals surface area contributed by atoms with Crippen LogP contribution in [0.1, 0.15) is 19.8 Å². The minimum atomic E-state index is 1.09. The van der Waals surface area contributed by atoms with Crippen LogP contribution in [0.2, 0.25) is 0 Å². The van der Waals surface area contributed by atoms with Crippen molar-refractivity contribution in [2.45, 2.75) is 19.8 Å². The van der Waals surface area contributed by atoms with E-state index in [0.29, 0.717) is 0 Å². The fraction of sp³-hybridized carbons (Fsp3) is 0.333. The summed E-state index contributed by atoms with van der Waals surface area (Å²) >= 11 is 0. The summed E-state index contributed by atoms with van der Waals surface area (Å²) in [6.07, 6.45) is 4.46. The molecule has 0 saturated carbocycles. The fourth-order valence-electron chi connectivity index (χ4n) is 1.02. The highest BCUT2D eigenvalue weighted by atomic mass is 14.1. The topological polar surface area (TPSA) is 0 Å². The van der Waals surface area contributed by atoms with Crippen molar-refractivity contribution < 1.29 is 0 Å². The zero-order valence-electron chi connectivity index (χ0n) is 5.91. The van der Waals surface area contributed by atoms with E-state index in [0.717, 1.165) is 18.4 Å². The molecule has 0 radical (unpaired) electrons. The molecule has 0 saturated heterocycles. The molecule has 0 amide bonds. The number of allylic oxidation sites excluding steroid dienone is 4. The van der Waals surface area contributed by atoms with Crippen molar-refractivity contribution in [3.63, 3.8) is 0 Å². The van der Waals surface area contributed by atoms with Gasteiger partial charge in [-0.25, -0.2) is 0 Å². The van der Waals surface area contributed by atoms with Crippen LogP contribution in [0.4, 0.5) is 0 Å². The summed E-state index contributed by atoms with van der Waals surface area (Å²) in [5.74, 6) is 0. The summed E-state index contributed by atoms with van der Waals surface area (Å²) < 4.78 is 0. The van der Waals surface area contributed by atoms with Crippen LogP contribution in [0.25, 0.3) is 0 Å². The first-order chi connectivity index (χ1) is 4.22. The molecular weight excluding hydrogens is 108 g/mol. The van der Waals surface area contributed by atoms with Gasteiger partial charge in [0.2, 0.25) is 0 Å². The predicted octanol–water partition coefficient (Wildman–Crippen LogP) is 2.84. The Labute approximate surface area is 56.6 Å². The van der Waals surface area contributed by atoms with Gasteiger partial charge in [0.15, 0.2) is 0 Å². The van der Waals surface area contributed by atoms with Crippen LogP contribution < -0.4 is 0 Å². The van der Waals surface area contributed by atoms with Crippen LogP contribution in [-0.4, -0.2) is 0 Å². The minimum Gasteiger partial charge on any atom is -0.0952 e. The van der Waals surface area contributed by atoms with E-state index >= 15 is 0 Å². The average Bonchev–Trinajstić information content (AvgIpc) is 1.83.